The van der Waals surface area contributed by atoms with E-state index >= 15 is 0 Å². The molecule has 1 aromatic carbocycles. The lowest BCUT2D eigenvalue weighted by Gasteiger charge is -2.14. The fourth-order valence-corrected chi connectivity index (χ4v) is 2.98. The first-order valence-corrected chi connectivity index (χ1v) is 6.03. The largest absolute Gasteiger partial charge is 0.375 e. The number of benzene rings is 1. The molecule has 3 nitrogen and oxygen atoms in total. The molecule has 5 heteroatoms. The van der Waals surface area contributed by atoms with Gasteiger partial charge in [-0.2, -0.15) is 8.42 Å². The van der Waals surface area contributed by atoms with E-state index in [0.717, 1.165) is 11.1 Å². The molecule has 0 aromatic heterocycles. The Morgan fingerprint density at radius 1 is 1.40 bits per heavy atom. The van der Waals surface area contributed by atoms with Crippen LogP contribution in [0.5, 0.6) is 0 Å². The molecule has 0 bridgehead atoms. The summed E-state index contributed by atoms with van der Waals surface area (Å²) < 4.78 is 39.9. The Morgan fingerprint density at radius 2 is 2.07 bits per heavy atom. The Kier molecular flexibility index (Phi) is 2.52. The van der Waals surface area contributed by atoms with Crippen LogP contribution in [0.15, 0.2) is 24.3 Å². The third-order valence-electron chi connectivity index (χ3n) is 2.74. The highest BCUT2D eigenvalue weighted by atomic mass is 32.3. The number of ether oxygens (including phenoxy) is 1. The van der Waals surface area contributed by atoms with Crippen LogP contribution in [0.3, 0.4) is 0 Å². The zero-order chi connectivity index (χ0) is 11.1. The molecule has 15 heavy (non-hydrogen) atoms. The van der Waals surface area contributed by atoms with Gasteiger partial charge in [0.25, 0.3) is 0 Å². The van der Waals surface area contributed by atoms with Crippen molar-refractivity contribution in [2.45, 2.75) is 17.8 Å². The molecule has 0 N–H and O–H groups in total. The van der Waals surface area contributed by atoms with Crippen LogP contribution in [-0.2, 0) is 21.4 Å². The monoisotopic (exact) mass is 230 g/mol. The van der Waals surface area contributed by atoms with E-state index in [1.54, 1.807) is 24.3 Å². The summed E-state index contributed by atoms with van der Waals surface area (Å²) in [4.78, 5) is 0. The average Bonchev–Trinajstić information content (AvgIpc) is 2.55. The van der Waals surface area contributed by atoms with Crippen LogP contribution in [-0.4, -0.2) is 20.8 Å². The number of hydrogen-bond acceptors (Lipinski definition) is 3. The Bertz CT molecular complexity index is 469. The van der Waals surface area contributed by atoms with Crippen LogP contribution >= 0.6 is 0 Å². The number of rotatable bonds is 2. The topological polar surface area (TPSA) is 43.4 Å². The maximum atomic E-state index is 13.0. The van der Waals surface area contributed by atoms with Crippen LogP contribution in [0.2, 0.25) is 0 Å². The van der Waals surface area contributed by atoms with Crippen LogP contribution in [0.4, 0.5) is 3.89 Å². The molecular weight excluding hydrogens is 219 g/mol. The van der Waals surface area contributed by atoms with Crippen LogP contribution in [0, 0.1) is 0 Å². The zero-order valence-corrected chi connectivity index (χ0v) is 9.00. The van der Waals surface area contributed by atoms with Gasteiger partial charge < -0.3 is 4.74 Å². The minimum atomic E-state index is -4.56. The van der Waals surface area contributed by atoms with Gasteiger partial charge in [0, 0.05) is 7.11 Å². The minimum absolute atomic E-state index is 0.188. The van der Waals surface area contributed by atoms with Gasteiger partial charge in [-0.25, -0.2) is 0 Å². The van der Waals surface area contributed by atoms with Crippen molar-refractivity contribution in [3.8, 4) is 0 Å². The Balaban J connectivity index is 2.46. The van der Waals surface area contributed by atoms with Crippen molar-refractivity contribution in [1.29, 1.82) is 0 Å². The molecule has 0 saturated carbocycles. The van der Waals surface area contributed by atoms with Crippen molar-refractivity contribution in [1.82, 2.24) is 0 Å². The first-order chi connectivity index (χ1) is 7.04. The highest BCUT2D eigenvalue weighted by molar-refractivity contribution is 7.87. The molecule has 82 valence electrons. The fourth-order valence-electron chi connectivity index (χ4n) is 2.05. The lowest BCUT2D eigenvalue weighted by molar-refractivity contribution is 0.106. The first kappa shape index (κ1) is 10.6. The number of fused-ring (bicyclic) bond motifs is 1. The lowest BCUT2D eigenvalue weighted by atomic mass is 10.1. The van der Waals surface area contributed by atoms with Gasteiger partial charge in [0.05, 0.1) is 0 Å². The Hall–Kier alpha value is -0.940. The molecule has 0 radical (unpaired) electrons. The third kappa shape index (κ3) is 1.77. The van der Waals surface area contributed by atoms with E-state index in [-0.39, 0.29) is 6.42 Å². The summed E-state index contributed by atoms with van der Waals surface area (Å²) in [7, 11) is -3.16. The summed E-state index contributed by atoms with van der Waals surface area (Å²) in [6.45, 7) is 0. The summed E-state index contributed by atoms with van der Waals surface area (Å²) in [5.74, 6) is 0. The van der Waals surface area contributed by atoms with Crippen LogP contribution < -0.4 is 0 Å². The Morgan fingerprint density at radius 3 is 2.67 bits per heavy atom. The van der Waals surface area contributed by atoms with Crippen molar-refractivity contribution >= 4 is 10.2 Å². The molecule has 1 aromatic rings. The second-order valence-corrected chi connectivity index (χ2v) is 5.13. The number of halogens is 1. The van der Waals surface area contributed by atoms with Gasteiger partial charge in [0.15, 0.2) is 0 Å². The van der Waals surface area contributed by atoms with Crippen molar-refractivity contribution in [2.75, 3.05) is 7.11 Å². The molecule has 0 spiro atoms. The van der Waals surface area contributed by atoms with Gasteiger partial charge in [0.2, 0.25) is 0 Å². The SMILES string of the molecule is CO[C@H]1c2ccccc2C[C@H]1S(=O)(=O)F. The van der Waals surface area contributed by atoms with Gasteiger partial charge in [-0.05, 0) is 17.5 Å². The molecule has 2 rings (SSSR count). The van der Waals surface area contributed by atoms with E-state index in [1.165, 1.54) is 7.11 Å². The van der Waals surface area contributed by atoms with Crippen molar-refractivity contribution in [2.24, 2.45) is 0 Å². The standard InChI is InChI=1S/C10H11FO3S/c1-14-10-8-5-3-2-4-7(8)6-9(10)15(11,12)13/h2-5,9-10H,6H2,1H3/t9-,10+/m1/s1. The molecular formula is C10H11FO3S. The molecule has 0 aliphatic heterocycles. The quantitative estimate of drug-likeness (QED) is 0.725. The van der Waals surface area contributed by atoms with Crippen LogP contribution in [0.1, 0.15) is 17.2 Å². The molecule has 0 amide bonds. The van der Waals surface area contributed by atoms with E-state index in [9.17, 15) is 12.3 Å². The van der Waals surface area contributed by atoms with Crippen molar-refractivity contribution < 1.29 is 17.0 Å². The second kappa shape index (κ2) is 3.57. The molecule has 2 atom stereocenters. The van der Waals surface area contributed by atoms with Crippen molar-refractivity contribution in [3.63, 3.8) is 0 Å². The predicted molar refractivity (Wildman–Crippen MR) is 53.7 cm³/mol. The van der Waals surface area contributed by atoms with Crippen molar-refractivity contribution in [3.05, 3.63) is 35.4 Å². The normalized spacial score (nSPS) is 25.2. The fraction of sp³-hybridized carbons (Fsp3) is 0.400. The zero-order valence-electron chi connectivity index (χ0n) is 8.18. The van der Waals surface area contributed by atoms with Gasteiger partial charge in [-0.15, -0.1) is 3.89 Å². The Labute approximate surface area is 88.1 Å². The maximum Gasteiger partial charge on any atom is 0.308 e. The van der Waals surface area contributed by atoms with E-state index in [0.29, 0.717) is 0 Å². The first-order valence-electron chi connectivity index (χ1n) is 4.58. The summed E-state index contributed by atoms with van der Waals surface area (Å²) in [5.41, 5.74) is 1.61. The smallest absolute Gasteiger partial charge is 0.308 e. The summed E-state index contributed by atoms with van der Waals surface area (Å²) in [6.07, 6.45) is -0.496. The van der Waals surface area contributed by atoms with Gasteiger partial charge >= 0.3 is 10.2 Å². The third-order valence-corrected chi connectivity index (χ3v) is 3.87. The molecule has 0 heterocycles. The average molecular weight is 230 g/mol. The highest BCUT2D eigenvalue weighted by Gasteiger charge is 2.41. The van der Waals surface area contributed by atoms with Gasteiger partial charge in [-0.1, -0.05) is 24.3 Å². The van der Waals surface area contributed by atoms with Crippen LogP contribution in [0.25, 0.3) is 0 Å². The molecule has 0 saturated heterocycles. The van der Waals surface area contributed by atoms with E-state index in [4.69, 9.17) is 4.74 Å². The summed E-state index contributed by atoms with van der Waals surface area (Å²) in [5, 5.41) is -1.10. The number of methoxy groups -OCH3 is 1. The van der Waals surface area contributed by atoms with E-state index in [2.05, 4.69) is 0 Å². The second-order valence-electron chi connectivity index (χ2n) is 3.57. The maximum absolute atomic E-state index is 13.0. The molecule has 1 aliphatic rings. The lowest BCUT2D eigenvalue weighted by Crippen LogP contribution is -2.23. The highest BCUT2D eigenvalue weighted by Crippen LogP contribution is 2.37. The molecule has 0 fully saturated rings. The predicted octanol–water partition coefficient (Wildman–Crippen LogP) is 1.60. The minimum Gasteiger partial charge on any atom is -0.375 e. The van der Waals surface area contributed by atoms with E-state index in [1.807, 2.05) is 0 Å². The van der Waals surface area contributed by atoms with E-state index < -0.39 is 21.6 Å². The van der Waals surface area contributed by atoms with Gasteiger partial charge in [0.1, 0.15) is 11.4 Å². The summed E-state index contributed by atoms with van der Waals surface area (Å²) in [6, 6.07) is 7.16. The summed E-state index contributed by atoms with van der Waals surface area (Å²) >= 11 is 0. The molecule has 1 aliphatic carbocycles. The molecule has 0 unspecified atom stereocenters. The number of hydrogen-bond donors (Lipinski definition) is 0. The van der Waals surface area contributed by atoms with Gasteiger partial charge in [-0.3, -0.25) is 0 Å².